The number of rotatable bonds is 2. The summed E-state index contributed by atoms with van der Waals surface area (Å²) in [7, 11) is 0. The number of ether oxygens (including phenoxy) is 1. The molecule has 3 rings (SSSR count). The zero-order valence-electron chi connectivity index (χ0n) is 9.07. The van der Waals surface area contributed by atoms with Gasteiger partial charge in [-0.1, -0.05) is 11.2 Å². The minimum atomic E-state index is -0.458. The van der Waals surface area contributed by atoms with Gasteiger partial charge in [-0.15, -0.1) is 11.3 Å². The second-order valence-corrected chi connectivity index (χ2v) is 4.92. The summed E-state index contributed by atoms with van der Waals surface area (Å²) in [5.41, 5.74) is 0. The Hall–Kier alpha value is -1.24. The van der Waals surface area contributed by atoms with Crippen molar-refractivity contribution in [3.05, 3.63) is 23.4 Å². The molecule has 0 radical (unpaired) electrons. The lowest BCUT2D eigenvalue weighted by Crippen LogP contribution is -2.30. The van der Waals surface area contributed by atoms with E-state index < -0.39 is 6.10 Å². The van der Waals surface area contributed by atoms with E-state index in [9.17, 15) is 5.11 Å². The Kier molecular flexibility index (Phi) is 2.92. The molecule has 5 nitrogen and oxygen atoms in total. The summed E-state index contributed by atoms with van der Waals surface area (Å²) in [5.74, 6) is 0.832. The molecule has 1 saturated heterocycles. The van der Waals surface area contributed by atoms with Crippen molar-refractivity contribution in [3.63, 3.8) is 0 Å². The Morgan fingerprint density at radius 3 is 3.18 bits per heavy atom. The van der Waals surface area contributed by atoms with Gasteiger partial charge in [-0.25, -0.2) is 0 Å². The third-order valence-electron chi connectivity index (χ3n) is 2.82. The topological polar surface area (TPSA) is 68.4 Å². The first-order chi connectivity index (χ1) is 8.34. The van der Waals surface area contributed by atoms with Crippen LogP contribution < -0.4 is 0 Å². The lowest BCUT2D eigenvalue weighted by atomic mass is 9.99. The normalized spacial score (nSPS) is 25.0. The third kappa shape index (κ3) is 2.11. The van der Waals surface area contributed by atoms with Gasteiger partial charge in [0.1, 0.15) is 0 Å². The molecule has 1 fully saturated rings. The predicted octanol–water partition coefficient (Wildman–Crippen LogP) is 1.66. The number of hydrogen-bond donors (Lipinski definition) is 1. The van der Waals surface area contributed by atoms with Crippen LogP contribution in [-0.2, 0) is 4.74 Å². The molecular formula is C11H12N2O3S. The first kappa shape index (κ1) is 10.9. The number of thiophene rings is 1. The Labute approximate surface area is 102 Å². The van der Waals surface area contributed by atoms with E-state index in [2.05, 4.69) is 10.1 Å². The van der Waals surface area contributed by atoms with Crippen molar-refractivity contribution in [2.75, 3.05) is 13.2 Å². The van der Waals surface area contributed by atoms with E-state index in [-0.39, 0.29) is 5.92 Å². The fourth-order valence-corrected chi connectivity index (χ4v) is 2.50. The first-order valence-electron chi connectivity index (χ1n) is 5.48. The second kappa shape index (κ2) is 4.56. The van der Waals surface area contributed by atoms with Gasteiger partial charge in [-0.05, 0) is 17.9 Å². The fraction of sp³-hybridized carbons (Fsp3) is 0.455. The smallest absolute Gasteiger partial charge is 0.235 e. The quantitative estimate of drug-likeness (QED) is 0.880. The van der Waals surface area contributed by atoms with Gasteiger partial charge in [0, 0.05) is 6.61 Å². The lowest BCUT2D eigenvalue weighted by Gasteiger charge is -2.24. The molecule has 0 aliphatic carbocycles. The molecular weight excluding hydrogens is 240 g/mol. The van der Waals surface area contributed by atoms with Gasteiger partial charge in [0.05, 0.1) is 23.5 Å². The fourth-order valence-electron chi connectivity index (χ4n) is 1.85. The van der Waals surface area contributed by atoms with Crippen molar-refractivity contribution in [1.29, 1.82) is 0 Å². The van der Waals surface area contributed by atoms with Crippen LogP contribution in [0.2, 0.25) is 0 Å². The molecule has 2 aromatic heterocycles. The maximum absolute atomic E-state index is 9.86. The minimum Gasteiger partial charge on any atom is -0.392 e. The molecule has 0 saturated carbocycles. The highest BCUT2D eigenvalue weighted by Gasteiger charge is 2.30. The molecule has 90 valence electrons. The molecule has 2 aromatic rings. The summed E-state index contributed by atoms with van der Waals surface area (Å²) in [6, 6.07) is 3.88. The Bertz CT molecular complexity index is 483. The molecule has 17 heavy (non-hydrogen) atoms. The van der Waals surface area contributed by atoms with Crippen molar-refractivity contribution in [1.82, 2.24) is 10.1 Å². The summed E-state index contributed by atoms with van der Waals surface area (Å²) >= 11 is 1.56. The van der Waals surface area contributed by atoms with Crippen LogP contribution in [0.5, 0.6) is 0 Å². The Morgan fingerprint density at radius 2 is 2.41 bits per heavy atom. The van der Waals surface area contributed by atoms with Gasteiger partial charge < -0.3 is 14.4 Å². The molecule has 2 unspecified atom stereocenters. The van der Waals surface area contributed by atoms with Crippen LogP contribution in [0.1, 0.15) is 18.2 Å². The van der Waals surface area contributed by atoms with Crippen LogP contribution >= 0.6 is 11.3 Å². The van der Waals surface area contributed by atoms with Crippen molar-refractivity contribution >= 4 is 11.3 Å². The SMILES string of the molecule is OC1CCOCC1c1nc(-c2cccs2)no1. The summed E-state index contributed by atoms with van der Waals surface area (Å²) < 4.78 is 10.5. The molecule has 0 bridgehead atoms. The van der Waals surface area contributed by atoms with Crippen molar-refractivity contribution in [3.8, 4) is 10.7 Å². The molecule has 2 atom stereocenters. The summed E-state index contributed by atoms with van der Waals surface area (Å²) in [4.78, 5) is 5.28. The van der Waals surface area contributed by atoms with Gasteiger partial charge in [0.25, 0.3) is 0 Å². The van der Waals surface area contributed by atoms with Gasteiger partial charge in [-0.3, -0.25) is 0 Å². The summed E-state index contributed by atoms with van der Waals surface area (Å²) in [5, 5.41) is 15.7. The molecule has 1 aliphatic rings. The number of aromatic nitrogens is 2. The lowest BCUT2D eigenvalue weighted by molar-refractivity contribution is -0.0149. The average Bonchev–Trinajstić information content (AvgIpc) is 3.00. The van der Waals surface area contributed by atoms with Gasteiger partial charge in [0.2, 0.25) is 11.7 Å². The molecule has 0 aromatic carbocycles. The van der Waals surface area contributed by atoms with Crippen LogP contribution in [0.15, 0.2) is 22.0 Å². The van der Waals surface area contributed by atoms with E-state index in [1.807, 2.05) is 17.5 Å². The number of aliphatic hydroxyl groups excluding tert-OH is 1. The van der Waals surface area contributed by atoms with E-state index in [4.69, 9.17) is 9.26 Å². The van der Waals surface area contributed by atoms with E-state index in [0.29, 0.717) is 31.3 Å². The molecule has 0 spiro atoms. The highest BCUT2D eigenvalue weighted by atomic mass is 32.1. The number of aliphatic hydroxyl groups is 1. The predicted molar refractivity (Wildman–Crippen MR) is 61.8 cm³/mol. The van der Waals surface area contributed by atoms with Gasteiger partial charge in [0.15, 0.2) is 0 Å². The van der Waals surface area contributed by atoms with Crippen LogP contribution in [0.3, 0.4) is 0 Å². The molecule has 6 heteroatoms. The Morgan fingerprint density at radius 1 is 1.47 bits per heavy atom. The number of hydrogen-bond acceptors (Lipinski definition) is 6. The molecule has 0 amide bonds. The van der Waals surface area contributed by atoms with Gasteiger partial charge >= 0.3 is 0 Å². The molecule has 3 heterocycles. The minimum absolute atomic E-state index is 0.204. The van der Waals surface area contributed by atoms with E-state index in [1.54, 1.807) is 11.3 Å². The maximum Gasteiger partial charge on any atom is 0.235 e. The van der Waals surface area contributed by atoms with Crippen molar-refractivity contribution in [2.24, 2.45) is 0 Å². The standard InChI is InChI=1S/C11H12N2O3S/c14-8-3-4-15-6-7(8)11-12-10(13-16-11)9-2-1-5-17-9/h1-2,5,7-8,14H,3-4,6H2. The van der Waals surface area contributed by atoms with Crippen LogP contribution in [0, 0.1) is 0 Å². The maximum atomic E-state index is 9.86. The summed E-state index contributed by atoms with van der Waals surface area (Å²) in [6.07, 6.45) is 0.155. The monoisotopic (exact) mass is 252 g/mol. The zero-order valence-corrected chi connectivity index (χ0v) is 9.89. The largest absolute Gasteiger partial charge is 0.392 e. The highest BCUT2D eigenvalue weighted by molar-refractivity contribution is 7.13. The molecule has 1 N–H and O–H groups in total. The van der Waals surface area contributed by atoms with Crippen molar-refractivity contribution < 1.29 is 14.4 Å². The third-order valence-corrected chi connectivity index (χ3v) is 3.69. The average molecular weight is 252 g/mol. The van der Waals surface area contributed by atoms with E-state index >= 15 is 0 Å². The highest BCUT2D eigenvalue weighted by Crippen LogP contribution is 2.28. The van der Waals surface area contributed by atoms with E-state index in [1.165, 1.54) is 0 Å². The zero-order chi connectivity index (χ0) is 11.7. The van der Waals surface area contributed by atoms with Crippen LogP contribution in [0.25, 0.3) is 10.7 Å². The second-order valence-electron chi connectivity index (χ2n) is 3.97. The molecule has 1 aliphatic heterocycles. The summed E-state index contributed by atoms with van der Waals surface area (Å²) in [6.45, 7) is 1.02. The van der Waals surface area contributed by atoms with Crippen LogP contribution in [0.4, 0.5) is 0 Å². The number of nitrogens with zero attached hydrogens (tertiary/aromatic N) is 2. The van der Waals surface area contributed by atoms with Gasteiger partial charge in [-0.2, -0.15) is 4.98 Å². The van der Waals surface area contributed by atoms with Crippen molar-refractivity contribution in [2.45, 2.75) is 18.4 Å². The first-order valence-corrected chi connectivity index (χ1v) is 6.36. The Balaban J connectivity index is 1.84. The van der Waals surface area contributed by atoms with Crippen LogP contribution in [-0.4, -0.2) is 34.6 Å². The van der Waals surface area contributed by atoms with E-state index in [0.717, 1.165) is 4.88 Å².